The van der Waals surface area contributed by atoms with E-state index in [1.165, 1.54) is 6.07 Å². The largest absolute Gasteiger partial charge is 0.449 e. The number of alkyl carbamates (subject to hydrolysis) is 1. The number of rotatable bonds is 10. The Morgan fingerprint density at radius 2 is 1.57 bits per heavy atom. The highest BCUT2D eigenvalue weighted by Gasteiger charge is 2.19. The summed E-state index contributed by atoms with van der Waals surface area (Å²) in [4.78, 5) is 31.7. The Bertz CT molecular complexity index is 1970. The van der Waals surface area contributed by atoms with Crippen LogP contribution >= 0.6 is 0 Å². The average molecular weight is 649 g/mol. The molecule has 0 radical (unpaired) electrons. The Balaban J connectivity index is 1.26. The third-order valence-corrected chi connectivity index (χ3v) is 8.02. The number of carbonyl (C=O) groups excluding carboxylic acids is 2. The van der Waals surface area contributed by atoms with Gasteiger partial charge in [0.05, 0.1) is 18.0 Å². The number of para-hydroxylation sites is 1. The molecule has 0 saturated heterocycles. The first-order valence-corrected chi connectivity index (χ1v) is 16.1. The quantitative estimate of drug-likeness (QED) is 0.108. The number of nitrogens with one attached hydrogen (secondary N) is 3. The Morgan fingerprint density at radius 1 is 0.851 bits per heavy atom. The predicted molar refractivity (Wildman–Crippen MR) is 181 cm³/mol. The molecule has 5 rings (SSSR count). The molecule has 47 heavy (non-hydrogen) atoms. The van der Waals surface area contributed by atoms with E-state index in [0.29, 0.717) is 40.0 Å². The molecule has 5 aromatic rings. The van der Waals surface area contributed by atoms with Gasteiger partial charge in [-0.15, -0.1) is 0 Å². The van der Waals surface area contributed by atoms with E-state index in [4.69, 9.17) is 15.3 Å². The highest BCUT2D eigenvalue weighted by molar-refractivity contribution is 7.89. The van der Waals surface area contributed by atoms with Crippen molar-refractivity contribution in [3.05, 3.63) is 144 Å². The lowest BCUT2D eigenvalue weighted by Gasteiger charge is -2.24. The number of amidine groups is 1. The molecule has 12 heteroatoms. The Kier molecular flexibility index (Phi) is 10.4. The molecule has 0 aliphatic heterocycles. The van der Waals surface area contributed by atoms with E-state index >= 15 is 0 Å². The minimum Gasteiger partial charge on any atom is -0.449 e. The smallest absolute Gasteiger partial charge is 0.412 e. The number of benzene rings is 4. The molecule has 0 fully saturated rings. The fourth-order valence-corrected chi connectivity index (χ4v) is 5.54. The van der Waals surface area contributed by atoms with Crippen LogP contribution in [-0.2, 0) is 27.7 Å². The predicted octanol–water partition coefficient (Wildman–Crippen LogP) is 5.93. The molecule has 3 amide bonds. The summed E-state index contributed by atoms with van der Waals surface area (Å²) in [6.07, 6.45) is 1.37. The summed E-state index contributed by atoms with van der Waals surface area (Å²) >= 11 is 0. The van der Waals surface area contributed by atoms with Crippen molar-refractivity contribution >= 4 is 39.4 Å². The molecule has 0 bridgehead atoms. The molecule has 0 aliphatic carbocycles. The van der Waals surface area contributed by atoms with E-state index in [9.17, 15) is 18.0 Å². The minimum atomic E-state index is -3.93. The highest BCUT2D eigenvalue weighted by atomic mass is 32.2. The zero-order valence-electron chi connectivity index (χ0n) is 25.2. The number of primary sulfonamides is 1. The number of nitrogens with two attached hydrogens (primary N) is 1. The van der Waals surface area contributed by atoms with Crippen molar-refractivity contribution in [2.24, 2.45) is 5.14 Å². The van der Waals surface area contributed by atoms with Gasteiger partial charge in [-0.1, -0.05) is 72.8 Å². The van der Waals surface area contributed by atoms with Crippen molar-refractivity contribution < 1.29 is 22.7 Å². The Morgan fingerprint density at radius 3 is 2.30 bits per heavy atom. The lowest BCUT2D eigenvalue weighted by Crippen LogP contribution is -2.35. The van der Waals surface area contributed by atoms with Crippen LogP contribution < -0.4 is 20.7 Å². The first-order chi connectivity index (χ1) is 22.7. The van der Waals surface area contributed by atoms with Crippen LogP contribution in [0.3, 0.4) is 0 Å². The fraction of sp³-hybridized carbons (Fsp3) is 0.0857. The molecule has 11 nitrogen and oxygen atoms in total. The van der Waals surface area contributed by atoms with Gasteiger partial charge in [0, 0.05) is 40.8 Å². The monoisotopic (exact) mass is 648 g/mol. The standard InChI is InChI=1S/C35H32N6O5S/c36-33(40-35(43)46-22-20-28-11-6-7-21-38-28)27-10-8-9-25(23-27)24-41(30-12-2-1-3-13-30)34(42)39-29-18-16-26(17-19-29)31-14-4-5-15-32(31)47(37,44)45/h1-19,21,23H,20,22,24H2,(H,39,42)(H2,36,40,43)(H2,37,44,45). The van der Waals surface area contributed by atoms with Crippen molar-refractivity contribution in [1.82, 2.24) is 10.3 Å². The van der Waals surface area contributed by atoms with Crippen LogP contribution in [0.1, 0.15) is 16.8 Å². The van der Waals surface area contributed by atoms with Crippen molar-refractivity contribution in [2.45, 2.75) is 17.9 Å². The molecule has 1 aromatic heterocycles. The summed E-state index contributed by atoms with van der Waals surface area (Å²) < 4.78 is 29.3. The van der Waals surface area contributed by atoms with Gasteiger partial charge in [-0.2, -0.15) is 0 Å². The molecule has 0 unspecified atom stereocenters. The molecule has 0 aliphatic rings. The van der Waals surface area contributed by atoms with Crippen LogP contribution in [0, 0.1) is 5.41 Å². The van der Waals surface area contributed by atoms with E-state index in [0.717, 1.165) is 5.69 Å². The molecule has 5 N–H and O–H groups in total. The molecule has 238 valence electrons. The molecule has 4 aromatic carbocycles. The number of pyridine rings is 1. The van der Waals surface area contributed by atoms with E-state index in [1.54, 1.807) is 90.0 Å². The van der Waals surface area contributed by atoms with Crippen molar-refractivity contribution in [1.29, 1.82) is 5.41 Å². The first-order valence-electron chi connectivity index (χ1n) is 14.5. The summed E-state index contributed by atoms with van der Waals surface area (Å²) in [5.74, 6) is -0.144. The van der Waals surface area contributed by atoms with E-state index in [-0.39, 0.29) is 23.9 Å². The van der Waals surface area contributed by atoms with Crippen molar-refractivity contribution in [3.63, 3.8) is 0 Å². The summed E-state index contributed by atoms with van der Waals surface area (Å²) in [5, 5.41) is 19.2. The summed E-state index contributed by atoms with van der Waals surface area (Å²) in [6, 6.07) is 34.4. The SMILES string of the molecule is N=C(NC(=O)OCCc1ccccn1)c1cccc(CN(C(=O)Nc2ccc(-c3ccccc3S(N)(=O)=O)cc2)c2ccccc2)c1. The molecule has 1 heterocycles. The van der Waals surface area contributed by atoms with Gasteiger partial charge in [0.2, 0.25) is 10.0 Å². The topological polar surface area (TPSA) is 168 Å². The maximum atomic E-state index is 13.6. The van der Waals surface area contributed by atoms with Gasteiger partial charge < -0.3 is 10.1 Å². The van der Waals surface area contributed by atoms with Crippen LogP contribution in [0.5, 0.6) is 0 Å². The summed E-state index contributed by atoms with van der Waals surface area (Å²) in [7, 11) is -3.93. The number of amides is 3. The second-order valence-electron chi connectivity index (χ2n) is 10.4. The first kappa shape index (κ1) is 32.5. The number of urea groups is 1. The van der Waals surface area contributed by atoms with E-state index in [1.807, 2.05) is 36.4 Å². The zero-order chi connectivity index (χ0) is 33.2. The number of ether oxygens (including phenoxy) is 1. The van der Waals surface area contributed by atoms with E-state index in [2.05, 4.69) is 15.6 Å². The molecular formula is C35H32N6O5S. The van der Waals surface area contributed by atoms with Crippen LogP contribution in [0.15, 0.2) is 132 Å². The zero-order valence-corrected chi connectivity index (χ0v) is 26.0. The lowest BCUT2D eigenvalue weighted by atomic mass is 10.1. The average Bonchev–Trinajstić information content (AvgIpc) is 3.08. The van der Waals surface area contributed by atoms with Crippen LogP contribution in [0.4, 0.5) is 21.0 Å². The van der Waals surface area contributed by atoms with Crippen molar-refractivity contribution in [2.75, 3.05) is 16.8 Å². The minimum absolute atomic E-state index is 0.00931. The molecule has 0 saturated carbocycles. The number of hydrogen-bond acceptors (Lipinski definition) is 7. The third-order valence-electron chi connectivity index (χ3n) is 7.05. The number of anilines is 2. The highest BCUT2D eigenvalue weighted by Crippen LogP contribution is 2.28. The normalized spacial score (nSPS) is 10.9. The number of nitrogens with zero attached hydrogens (tertiary/aromatic N) is 2. The lowest BCUT2D eigenvalue weighted by molar-refractivity contribution is 0.152. The fourth-order valence-electron chi connectivity index (χ4n) is 4.78. The number of sulfonamides is 1. The second-order valence-corrected chi connectivity index (χ2v) is 11.9. The van der Waals surface area contributed by atoms with Gasteiger partial charge in [0.15, 0.2) is 0 Å². The number of carbonyl (C=O) groups is 2. The van der Waals surface area contributed by atoms with Gasteiger partial charge >= 0.3 is 12.1 Å². The number of hydrogen-bond donors (Lipinski definition) is 4. The maximum absolute atomic E-state index is 13.6. The molecular weight excluding hydrogens is 616 g/mol. The Labute approximate surface area is 272 Å². The summed E-state index contributed by atoms with van der Waals surface area (Å²) in [6.45, 7) is 0.272. The molecule has 0 atom stereocenters. The van der Waals surface area contributed by atoms with Gasteiger partial charge in [0.1, 0.15) is 5.84 Å². The van der Waals surface area contributed by atoms with Gasteiger partial charge in [0.25, 0.3) is 0 Å². The van der Waals surface area contributed by atoms with Gasteiger partial charge in [-0.3, -0.25) is 20.6 Å². The van der Waals surface area contributed by atoms with Crippen LogP contribution in [-0.4, -0.2) is 38.0 Å². The Hall–Kier alpha value is -5.85. The third kappa shape index (κ3) is 8.87. The van der Waals surface area contributed by atoms with E-state index < -0.39 is 22.1 Å². The van der Waals surface area contributed by atoms with Crippen molar-refractivity contribution in [3.8, 4) is 11.1 Å². The molecule has 0 spiro atoms. The van der Waals surface area contributed by atoms with Gasteiger partial charge in [-0.25, -0.2) is 23.1 Å². The second kappa shape index (κ2) is 15.0. The number of aromatic nitrogens is 1. The van der Waals surface area contributed by atoms with Gasteiger partial charge in [-0.05, 0) is 59.7 Å². The maximum Gasteiger partial charge on any atom is 0.412 e. The summed E-state index contributed by atoms with van der Waals surface area (Å²) in [5.41, 5.74) is 4.15. The van der Waals surface area contributed by atoms with Crippen LogP contribution in [0.2, 0.25) is 0 Å². The van der Waals surface area contributed by atoms with Crippen LogP contribution in [0.25, 0.3) is 11.1 Å².